The van der Waals surface area contributed by atoms with Gasteiger partial charge in [-0.25, -0.2) is 4.79 Å². The second kappa shape index (κ2) is 8.19. The van der Waals surface area contributed by atoms with Gasteiger partial charge in [0.2, 0.25) is 5.91 Å². The smallest absolute Gasteiger partial charge is 0.328 e. The van der Waals surface area contributed by atoms with Gasteiger partial charge in [0.15, 0.2) is 0 Å². The van der Waals surface area contributed by atoms with Crippen molar-refractivity contribution >= 4 is 38.7 Å². The van der Waals surface area contributed by atoms with E-state index in [4.69, 9.17) is 4.74 Å². The number of carbonyl (C=O) groups is 2. The fourth-order valence-electron chi connectivity index (χ4n) is 2.89. The van der Waals surface area contributed by atoms with E-state index in [9.17, 15) is 9.59 Å². The van der Waals surface area contributed by atoms with E-state index in [2.05, 4.69) is 26.2 Å². The number of para-hydroxylation sites is 1. The van der Waals surface area contributed by atoms with Crippen molar-refractivity contribution < 1.29 is 14.3 Å². The number of rotatable bonds is 6. The van der Waals surface area contributed by atoms with Gasteiger partial charge >= 0.3 is 5.97 Å². The molecular weight excluding hydrogens is 396 g/mol. The van der Waals surface area contributed by atoms with E-state index < -0.39 is 12.0 Å². The number of halogens is 1. The molecule has 0 bridgehead atoms. The Kier molecular flexibility index (Phi) is 5.73. The molecule has 1 amide bonds. The highest BCUT2D eigenvalue weighted by Gasteiger charge is 2.23. The maximum atomic E-state index is 12.4. The minimum atomic E-state index is -0.734. The summed E-state index contributed by atoms with van der Waals surface area (Å²) in [5.41, 5.74) is 2.83. The Balaban J connectivity index is 1.72. The molecule has 2 N–H and O–H groups in total. The highest BCUT2D eigenvalue weighted by Crippen LogP contribution is 2.19. The van der Waals surface area contributed by atoms with Gasteiger partial charge in [-0.05, 0) is 29.3 Å². The molecule has 1 atom stereocenters. The molecule has 0 aliphatic carbocycles. The van der Waals surface area contributed by atoms with Crippen LogP contribution in [0.2, 0.25) is 0 Å². The summed E-state index contributed by atoms with van der Waals surface area (Å²) in [6.07, 6.45) is 2.43. The lowest BCUT2D eigenvalue weighted by Gasteiger charge is -2.16. The number of nitrogens with one attached hydrogen (secondary N) is 2. The van der Waals surface area contributed by atoms with Crippen molar-refractivity contribution in [1.29, 1.82) is 0 Å². The number of carbonyl (C=O) groups excluding carboxylic acids is 2. The maximum Gasteiger partial charge on any atom is 0.328 e. The molecule has 0 aliphatic rings. The zero-order valence-electron chi connectivity index (χ0n) is 14.3. The minimum Gasteiger partial charge on any atom is -0.467 e. The standard InChI is InChI=1S/C20H19BrN2O3/c1-26-20(25)18(11-14-12-22-17-5-3-2-4-16(14)17)23-19(24)10-13-6-8-15(21)9-7-13/h2-9,12,18,22H,10-11H2,1H3,(H,23,24)/t18-/m1/s1. The zero-order valence-corrected chi connectivity index (χ0v) is 15.9. The highest BCUT2D eigenvalue weighted by atomic mass is 79.9. The normalized spacial score (nSPS) is 11.9. The van der Waals surface area contributed by atoms with E-state index in [1.54, 1.807) is 0 Å². The summed E-state index contributed by atoms with van der Waals surface area (Å²) in [6, 6.07) is 14.6. The van der Waals surface area contributed by atoms with Crippen LogP contribution in [0, 0.1) is 0 Å². The molecule has 1 aromatic heterocycles. The van der Waals surface area contributed by atoms with Gasteiger partial charge in [0.05, 0.1) is 13.5 Å². The first-order valence-corrected chi connectivity index (χ1v) is 9.02. The molecule has 0 fully saturated rings. The molecule has 0 saturated heterocycles. The van der Waals surface area contributed by atoms with Gasteiger partial charge < -0.3 is 15.0 Å². The van der Waals surface area contributed by atoms with Crippen LogP contribution in [0.15, 0.2) is 59.2 Å². The summed E-state index contributed by atoms with van der Waals surface area (Å²) in [4.78, 5) is 27.7. The van der Waals surface area contributed by atoms with E-state index >= 15 is 0 Å². The highest BCUT2D eigenvalue weighted by molar-refractivity contribution is 9.10. The number of esters is 1. The number of methoxy groups -OCH3 is 1. The van der Waals surface area contributed by atoms with Crippen LogP contribution in [0.5, 0.6) is 0 Å². The molecule has 3 rings (SSSR count). The van der Waals surface area contributed by atoms with Crippen LogP contribution in [0.4, 0.5) is 0 Å². The summed E-state index contributed by atoms with van der Waals surface area (Å²) < 4.78 is 5.82. The largest absolute Gasteiger partial charge is 0.467 e. The van der Waals surface area contributed by atoms with E-state index in [-0.39, 0.29) is 12.3 Å². The average molecular weight is 415 g/mol. The lowest BCUT2D eigenvalue weighted by molar-refractivity contribution is -0.145. The third-order valence-corrected chi connectivity index (χ3v) is 4.73. The number of H-pyrrole nitrogens is 1. The van der Waals surface area contributed by atoms with Crippen molar-refractivity contribution in [2.24, 2.45) is 0 Å². The summed E-state index contributed by atoms with van der Waals surface area (Å²) in [7, 11) is 1.32. The lowest BCUT2D eigenvalue weighted by atomic mass is 10.0. The van der Waals surface area contributed by atoms with Crippen molar-refractivity contribution in [3.05, 3.63) is 70.3 Å². The van der Waals surface area contributed by atoms with Gasteiger partial charge in [-0.15, -0.1) is 0 Å². The van der Waals surface area contributed by atoms with Gasteiger partial charge in [-0.2, -0.15) is 0 Å². The topological polar surface area (TPSA) is 71.2 Å². The number of hydrogen-bond acceptors (Lipinski definition) is 3. The maximum absolute atomic E-state index is 12.4. The van der Waals surface area contributed by atoms with Crippen molar-refractivity contribution in [2.75, 3.05) is 7.11 Å². The number of aromatic amines is 1. The Hall–Kier alpha value is -2.60. The van der Waals surface area contributed by atoms with E-state index in [0.717, 1.165) is 26.5 Å². The number of fused-ring (bicyclic) bond motifs is 1. The van der Waals surface area contributed by atoms with Crippen LogP contribution < -0.4 is 5.32 Å². The molecule has 5 nitrogen and oxygen atoms in total. The van der Waals surface area contributed by atoms with Crippen LogP contribution in [0.1, 0.15) is 11.1 Å². The van der Waals surface area contributed by atoms with E-state index in [0.29, 0.717) is 6.42 Å². The lowest BCUT2D eigenvalue weighted by Crippen LogP contribution is -2.43. The van der Waals surface area contributed by atoms with Crippen LogP contribution in [-0.2, 0) is 27.2 Å². The first kappa shape index (κ1) is 18.2. The van der Waals surface area contributed by atoms with Gasteiger partial charge in [0.25, 0.3) is 0 Å². The van der Waals surface area contributed by atoms with Crippen LogP contribution in [0.25, 0.3) is 10.9 Å². The summed E-state index contributed by atoms with van der Waals surface area (Å²) in [6.45, 7) is 0. The Morgan fingerprint density at radius 3 is 2.62 bits per heavy atom. The molecule has 134 valence electrons. The van der Waals surface area contributed by atoms with Crippen molar-refractivity contribution in [2.45, 2.75) is 18.9 Å². The molecule has 6 heteroatoms. The fourth-order valence-corrected chi connectivity index (χ4v) is 3.15. The predicted molar refractivity (Wildman–Crippen MR) is 104 cm³/mol. The van der Waals surface area contributed by atoms with E-state index in [1.807, 2.05) is 54.7 Å². The molecule has 0 aliphatic heterocycles. The average Bonchev–Trinajstić information content (AvgIpc) is 3.05. The summed E-state index contributed by atoms with van der Waals surface area (Å²) in [5.74, 6) is -0.679. The molecule has 1 heterocycles. The molecule has 0 unspecified atom stereocenters. The fraction of sp³-hybridized carbons (Fsp3) is 0.200. The first-order chi connectivity index (χ1) is 12.6. The summed E-state index contributed by atoms with van der Waals surface area (Å²) >= 11 is 3.37. The zero-order chi connectivity index (χ0) is 18.5. The second-order valence-electron chi connectivity index (χ2n) is 6.01. The second-order valence-corrected chi connectivity index (χ2v) is 6.93. The Morgan fingerprint density at radius 2 is 1.88 bits per heavy atom. The molecule has 0 radical (unpaired) electrons. The number of amides is 1. The molecule has 2 aromatic carbocycles. The van der Waals surface area contributed by atoms with Crippen LogP contribution >= 0.6 is 15.9 Å². The first-order valence-electron chi connectivity index (χ1n) is 8.23. The van der Waals surface area contributed by atoms with E-state index in [1.165, 1.54) is 7.11 Å². The number of hydrogen-bond donors (Lipinski definition) is 2. The van der Waals surface area contributed by atoms with Crippen molar-refractivity contribution in [1.82, 2.24) is 10.3 Å². The van der Waals surface area contributed by atoms with Gasteiger partial charge in [-0.1, -0.05) is 46.3 Å². The van der Waals surface area contributed by atoms with Crippen molar-refractivity contribution in [3.8, 4) is 0 Å². The van der Waals surface area contributed by atoms with Gasteiger partial charge in [0.1, 0.15) is 6.04 Å². The predicted octanol–water partition coefficient (Wildman–Crippen LogP) is 3.37. The molecule has 0 saturated carbocycles. The monoisotopic (exact) mass is 414 g/mol. The molecular formula is C20H19BrN2O3. The Labute approximate surface area is 159 Å². The molecule has 3 aromatic rings. The number of benzene rings is 2. The Bertz CT molecular complexity index is 918. The van der Waals surface area contributed by atoms with Crippen LogP contribution in [-0.4, -0.2) is 30.0 Å². The molecule has 0 spiro atoms. The van der Waals surface area contributed by atoms with Gasteiger partial charge in [0, 0.05) is 28.0 Å². The SMILES string of the molecule is COC(=O)[C@@H](Cc1c[nH]c2ccccc12)NC(=O)Cc1ccc(Br)cc1. The third-order valence-electron chi connectivity index (χ3n) is 4.20. The molecule has 26 heavy (non-hydrogen) atoms. The van der Waals surface area contributed by atoms with Crippen LogP contribution in [0.3, 0.4) is 0 Å². The van der Waals surface area contributed by atoms with Gasteiger partial charge in [-0.3, -0.25) is 4.79 Å². The quantitative estimate of drug-likeness (QED) is 0.607. The summed E-state index contributed by atoms with van der Waals surface area (Å²) in [5, 5.41) is 3.83. The Morgan fingerprint density at radius 1 is 1.15 bits per heavy atom. The van der Waals surface area contributed by atoms with Crippen molar-refractivity contribution in [3.63, 3.8) is 0 Å². The minimum absolute atomic E-state index is 0.203. The number of ether oxygens (including phenoxy) is 1. The third kappa shape index (κ3) is 4.32. The number of aromatic nitrogens is 1.